The number of rotatable bonds is 3. The summed E-state index contributed by atoms with van der Waals surface area (Å²) in [7, 11) is 0. The molecule has 0 saturated carbocycles. The van der Waals surface area contributed by atoms with Crippen molar-refractivity contribution in [2.75, 3.05) is 11.4 Å². The predicted molar refractivity (Wildman–Crippen MR) is 88.4 cm³/mol. The molecule has 0 amide bonds. The first-order valence-corrected chi connectivity index (χ1v) is 7.15. The molecule has 0 aliphatic rings. The number of H-pyrrole nitrogens is 1. The largest absolute Gasteiger partial charge is 0.337 e. The molecule has 21 heavy (non-hydrogen) atoms. The van der Waals surface area contributed by atoms with Gasteiger partial charge in [0.1, 0.15) is 5.69 Å². The van der Waals surface area contributed by atoms with Crippen LogP contribution in [0.4, 0.5) is 11.4 Å². The second-order valence-electron chi connectivity index (χ2n) is 5.15. The number of aryl methyl sites for hydroxylation is 1. The van der Waals surface area contributed by atoms with Crippen LogP contribution in [0.15, 0.2) is 59.4 Å². The average molecular weight is 278 g/mol. The zero-order chi connectivity index (χ0) is 14.8. The Bertz CT molecular complexity index is 818. The Morgan fingerprint density at radius 2 is 1.76 bits per heavy atom. The molecule has 0 saturated heterocycles. The number of anilines is 2. The average Bonchev–Trinajstić information content (AvgIpc) is 2.50. The normalized spacial score (nSPS) is 10.8. The standard InChI is InChI=1S/C18H18N2O/c1-3-20(15-10-8-13(2)9-11-15)17-12-14-6-4-5-7-16(14)19-18(17)21/h4-12H,3H2,1-2H3,(H,19,21). The maximum absolute atomic E-state index is 12.4. The zero-order valence-corrected chi connectivity index (χ0v) is 12.3. The number of fused-ring (bicyclic) bond motifs is 1. The highest BCUT2D eigenvalue weighted by atomic mass is 16.1. The molecule has 1 N–H and O–H groups in total. The van der Waals surface area contributed by atoms with Crippen LogP contribution >= 0.6 is 0 Å². The number of hydrogen-bond donors (Lipinski definition) is 1. The lowest BCUT2D eigenvalue weighted by Crippen LogP contribution is -2.24. The highest BCUT2D eigenvalue weighted by molar-refractivity contribution is 5.82. The molecule has 3 rings (SSSR count). The molecule has 3 heteroatoms. The van der Waals surface area contributed by atoms with Gasteiger partial charge in [-0.3, -0.25) is 4.79 Å². The fourth-order valence-corrected chi connectivity index (χ4v) is 2.55. The molecule has 0 aliphatic carbocycles. The van der Waals surface area contributed by atoms with Gasteiger partial charge in [-0.2, -0.15) is 0 Å². The molecule has 2 aromatic carbocycles. The van der Waals surface area contributed by atoms with Crippen molar-refractivity contribution in [3.05, 3.63) is 70.5 Å². The first kappa shape index (κ1) is 13.4. The maximum Gasteiger partial charge on any atom is 0.272 e. The molecule has 106 valence electrons. The minimum Gasteiger partial charge on any atom is -0.337 e. The Kier molecular flexibility index (Phi) is 3.48. The third-order valence-corrected chi connectivity index (χ3v) is 3.69. The first-order valence-electron chi connectivity index (χ1n) is 7.15. The Morgan fingerprint density at radius 1 is 1.05 bits per heavy atom. The van der Waals surface area contributed by atoms with Crippen LogP contribution in [-0.4, -0.2) is 11.5 Å². The van der Waals surface area contributed by atoms with Gasteiger partial charge in [0, 0.05) is 23.1 Å². The molecule has 0 fully saturated rings. The minimum absolute atomic E-state index is 0.0591. The molecular formula is C18H18N2O. The summed E-state index contributed by atoms with van der Waals surface area (Å²) in [6, 6.07) is 18.0. The van der Waals surface area contributed by atoms with Gasteiger partial charge in [-0.1, -0.05) is 35.9 Å². The van der Waals surface area contributed by atoms with Gasteiger partial charge < -0.3 is 9.88 Å². The van der Waals surface area contributed by atoms with E-state index in [0.29, 0.717) is 5.69 Å². The van der Waals surface area contributed by atoms with Gasteiger partial charge in [0.25, 0.3) is 5.56 Å². The number of nitrogens with one attached hydrogen (secondary N) is 1. The number of benzene rings is 2. The van der Waals surface area contributed by atoms with Crippen molar-refractivity contribution in [1.82, 2.24) is 4.98 Å². The number of nitrogens with zero attached hydrogens (tertiary/aromatic N) is 1. The summed E-state index contributed by atoms with van der Waals surface area (Å²) in [4.78, 5) is 17.4. The van der Waals surface area contributed by atoms with Crippen molar-refractivity contribution >= 4 is 22.3 Å². The van der Waals surface area contributed by atoms with Gasteiger partial charge in [0.15, 0.2) is 0 Å². The maximum atomic E-state index is 12.4. The molecular weight excluding hydrogens is 260 g/mol. The van der Waals surface area contributed by atoms with Crippen molar-refractivity contribution in [3.63, 3.8) is 0 Å². The number of hydrogen-bond acceptors (Lipinski definition) is 2. The summed E-state index contributed by atoms with van der Waals surface area (Å²) >= 11 is 0. The zero-order valence-electron chi connectivity index (χ0n) is 12.3. The number of pyridine rings is 1. The Balaban J connectivity index is 2.14. The minimum atomic E-state index is -0.0591. The molecule has 0 spiro atoms. The second-order valence-corrected chi connectivity index (χ2v) is 5.15. The topological polar surface area (TPSA) is 36.1 Å². The fraction of sp³-hybridized carbons (Fsp3) is 0.167. The molecule has 0 aliphatic heterocycles. The summed E-state index contributed by atoms with van der Waals surface area (Å²) in [5.74, 6) is 0. The van der Waals surface area contributed by atoms with Crippen LogP contribution in [0.1, 0.15) is 12.5 Å². The predicted octanol–water partition coefficient (Wildman–Crippen LogP) is 3.99. The van der Waals surface area contributed by atoms with Crippen LogP contribution < -0.4 is 10.5 Å². The molecule has 0 unspecified atom stereocenters. The van der Waals surface area contributed by atoms with Crippen LogP contribution in [0.3, 0.4) is 0 Å². The lowest BCUT2D eigenvalue weighted by atomic mass is 10.1. The summed E-state index contributed by atoms with van der Waals surface area (Å²) in [5.41, 5.74) is 3.73. The van der Waals surface area contributed by atoms with Crippen LogP contribution in [0.2, 0.25) is 0 Å². The molecule has 3 nitrogen and oxygen atoms in total. The lowest BCUT2D eigenvalue weighted by molar-refractivity contribution is 1.01. The highest BCUT2D eigenvalue weighted by Gasteiger charge is 2.12. The molecule has 0 atom stereocenters. The van der Waals surface area contributed by atoms with E-state index >= 15 is 0 Å². The first-order chi connectivity index (χ1) is 10.2. The molecule has 3 aromatic rings. The summed E-state index contributed by atoms with van der Waals surface area (Å²) < 4.78 is 0. The second kappa shape index (κ2) is 5.44. The Hall–Kier alpha value is -2.55. The van der Waals surface area contributed by atoms with Gasteiger partial charge >= 0.3 is 0 Å². The van der Waals surface area contributed by atoms with Gasteiger partial charge in [-0.25, -0.2) is 0 Å². The van der Waals surface area contributed by atoms with Crippen molar-refractivity contribution in [3.8, 4) is 0 Å². The van der Waals surface area contributed by atoms with E-state index in [9.17, 15) is 4.79 Å². The lowest BCUT2D eigenvalue weighted by Gasteiger charge is -2.22. The van der Waals surface area contributed by atoms with Crippen LogP contribution in [0.25, 0.3) is 10.9 Å². The van der Waals surface area contributed by atoms with Gasteiger partial charge in [0.2, 0.25) is 0 Å². The molecule has 1 heterocycles. The van der Waals surface area contributed by atoms with Gasteiger partial charge in [-0.05, 0) is 38.1 Å². The van der Waals surface area contributed by atoms with Gasteiger partial charge in [-0.15, -0.1) is 0 Å². The number of aromatic nitrogens is 1. The van der Waals surface area contributed by atoms with Crippen LogP contribution in [0.5, 0.6) is 0 Å². The van der Waals surface area contributed by atoms with Gasteiger partial charge in [0.05, 0.1) is 0 Å². The summed E-state index contributed by atoms with van der Waals surface area (Å²) in [5, 5.41) is 1.04. The smallest absolute Gasteiger partial charge is 0.272 e. The highest BCUT2D eigenvalue weighted by Crippen LogP contribution is 2.24. The number of para-hydroxylation sites is 1. The summed E-state index contributed by atoms with van der Waals surface area (Å²) in [6.45, 7) is 4.85. The quantitative estimate of drug-likeness (QED) is 0.786. The van der Waals surface area contributed by atoms with Crippen molar-refractivity contribution in [1.29, 1.82) is 0 Å². The molecule has 0 radical (unpaired) electrons. The summed E-state index contributed by atoms with van der Waals surface area (Å²) in [6.07, 6.45) is 0. The molecule has 1 aromatic heterocycles. The third kappa shape index (κ3) is 2.55. The van der Waals surface area contributed by atoms with Crippen molar-refractivity contribution < 1.29 is 0 Å². The van der Waals surface area contributed by atoms with E-state index < -0.39 is 0 Å². The van der Waals surface area contributed by atoms with E-state index in [2.05, 4.69) is 31.0 Å². The van der Waals surface area contributed by atoms with Crippen molar-refractivity contribution in [2.45, 2.75) is 13.8 Å². The van der Waals surface area contributed by atoms with E-state index in [4.69, 9.17) is 0 Å². The van der Waals surface area contributed by atoms with E-state index in [1.54, 1.807) is 0 Å². The monoisotopic (exact) mass is 278 g/mol. The van der Waals surface area contributed by atoms with Crippen LogP contribution in [0, 0.1) is 6.92 Å². The SMILES string of the molecule is CCN(c1ccc(C)cc1)c1cc2ccccc2[nH]c1=O. The van der Waals surface area contributed by atoms with E-state index in [1.807, 2.05) is 47.4 Å². The molecule has 0 bridgehead atoms. The Labute approximate surface area is 123 Å². The van der Waals surface area contributed by atoms with Crippen LogP contribution in [-0.2, 0) is 0 Å². The van der Waals surface area contributed by atoms with E-state index in [1.165, 1.54) is 5.56 Å². The number of aromatic amines is 1. The van der Waals surface area contributed by atoms with E-state index in [0.717, 1.165) is 23.1 Å². The third-order valence-electron chi connectivity index (χ3n) is 3.69. The van der Waals surface area contributed by atoms with Crippen molar-refractivity contribution in [2.24, 2.45) is 0 Å². The van der Waals surface area contributed by atoms with E-state index in [-0.39, 0.29) is 5.56 Å². The Morgan fingerprint density at radius 3 is 2.48 bits per heavy atom. The fourth-order valence-electron chi connectivity index (χ4n) is 2.55.